The predicted molar refractivity (Wildman–Crippen MR) is 127 cm³/mol. The van der Waals surface area contributed by atoms with Gasteiger partial charge in [-0.15, -0.1) is 0 Å². The number of carbonyl (C=O) groups is 1. The van der Waals surface area contributed by atoms with Gasteiger partial charge in [0.15, 0.2) is 0 Å². The van der Waals surface area contributed by atoms with E-state index in [0.29, 0.717) is 12.2 Å². The highest BCUT2D eigenvalue weighted by atomic mass is 16.3. The molecule has 1 amide bonds. The van der Waals surface area contributed by atoms with E-state index in [2.05, 4.69) is 32.4 Å². The molecule has 9 heteroatoms. The van der Waals surface area contributed by atoms with Crippen LogP contribution in [0.1, 0.15) is 21.6 Å². The average molecular weight is 461 g/mol. The van der Waals surface area contributed by atoms with Crippen LogP contribution in [0.5, 0.6) is 0 Å². The summed E-state index contributed by atoms with van der Waals surface area (Å²) in [4.78, 5) is 19.1. The van der Waals surface area contributed by atoms with Gasteiger partial charge in [0.2, 0.25) is 0 Å². The first-order valence-electron chi connectivity index (χ1n) is 11.4. The summed E-state index contributed by atoms with van der Waals surface area (Å²) in [7, 11) is 1.86. The number of β-amino-alcohol motifs (C(OH)–C–C–N with tert-alkyl or cyclic N) is 1. The highest BCUT2D eigenvalue weighted by Crippen LogP contribution is 2.20. The quantitative estimate of drug-likeness (QED) is 0.383. The van der Waals surface area contributed by atoms with Crippen LogP contribution in [0.25, 0.3) is 16.8 Å². The Kier molecular flexibility index (Phi) is 6.14. The Morgan fingerprint density at radius 3 is 2.68 bits per heavy atom. The van der Waals surface area contributed by atoms with Crippen LogP contribution in [0.2, 0.25) is 0 Å². The molecule has 1 aliphatic heterocycles. The number of rotatable bonds is 7. The van der Waals surface area contributed by atoms with Crippen molar-refractivity contribution in [2.75, 3.05) is 19.6 Å². The molecule has 0 bridgehead atoms. The monoisotopic (exact) mass is 460 g/mol. The van der Waals surface area contributed by atoms with E-state index in [4.69, 9.17) is 0 Å². The van der Waals surface area contributed by atoms with Crippen molar-refractivity contribution in [1.82, 2.24) is 29.4 Å². The summed E-state index contributed by atoms with van der Waals surface area (Å²) in [6, 6.07) is 12.1. The molecule has 0 saturated carbocycles. The van der Waals surface area contributed by atoms with Crippen LogP contribution in [0, 0.1) is 0 Å². The lowest BCUT2D eigenvalue weighted by molar-refractivity contribution is -0.00343. The van der Waals surface area contributed by atoms with Gasteiger partial charge in [0, 0.05) is 62.9 Å². The third-order valence-corrected chi connectivity index (χ3v) is 6.29. The maximum absolute atomic E-state index is 12.6. The summed E-state index contributed by atoms with van der Waals surface area (Å²) in [6.07, 6.45) is 6.13. The van der Waals surface area contributed by atoms with Gasteiger partial charge in [0.05, 0.1) is 18.4 Å². The number of nitrogens with one attached hydrogen (secondary N) is 1. The molecular weight excluding hydrogens is 432 g/mol. The number of hydrogen-bond acceptors (Lipinski definition) is 6. The van der Waals surface area contributed by atoms with Crippen molar-refractivity contribution in [2.45, 2.75) is 25.2 Å². The van der Waals surface area contributed by atoms with Crippen molar-refractivity contribution >= 4 is 11.6 Å². The van der Waals surface area contributed by atoms with Crippen LogP contribution in [0.15, 0.2) is 61.2 Å². The van der Waals surface area contributed by atoms with Gasteiger partial charge in [0.25, 0.3) is 5.91 Å². The summed E-state index contributed by atoms with van der Waals surface area (Å²) in [5, 5.41) is 27.8. The van der Waals surface area contributed by atoms with Crippen molar-refractivity contribution in [2.24, 2.45) is 7.05 Å². The number of aryl methyl sites for hydroxylation is 1. The zero-order valence-electron chi connectivity index (χ0n) is 19.0. The molecule has 176 valence electrons. The molecule has 0 spiro atoms. The maximum Gasteiger partial charge on any atom is 0.271 e. The zero-order valence-corrected chi connectivity index (χ0v) is 19.0. The number of fused-ring (bicyclic) bond motifs is 2. The van der Waals surface area contributed by atoms with Gasteiger partial charge in [-0.1, -0.05) is 24.3 Å². The molecular formula is C25H28N6O3. The molecule has 9 nitrogen and oxygen atoms in total. The SMILES string of the molecule is Cn1cc(-c2ccc3nc(C(=O)NCC(O)C(O)CN4CCc5ccccc5C4)cn3c2)cn1. The number of hydrogen-bond donors (Lipinski definition) is 3. The number of carbonyl (C=O) groups excluding carboxylic acids is 1. The van der Waals surface area contributed by atoms with Crippen LogP contribution in [-0.2, 0) is 20.0 Å². The average Bonchev–Trinajstić information content (AvgIpc) is 3.48. The van der Waals surface area contributed by atoms with Crippen LogP contribution < -0.4 is 5.32 Å². The van der Waals surface area contributed by atoms with Crippen molar-refractivity contribution in [3.05, 3.63) is 78.0 Å². The van der Waals surface area contributed by atoms with Crippen molar-refractivity contribution in [3.63, 3.8) is 0 Å². The molecule has 3 aromatic heterocycles. The lowest BCUT2D eigenvalue weighted by Crippen LogP contribution is -2.45. The fraction of sp³-hybridized carbons (Fsp3) is 0.320. The molecule has 5 rings (SSSR count). The number of amides is 1. The van der Waals surface area contributed by atoms with Crippen molar-refractivity contribution in [1.29, 1.82) is 0 Å². The number of aromatic nitrogens is 4. The molecule has 0 fully saturated rings. The summed E-state index contributed by atoms with van der Waals surface area (Å²) >= 11 is 0. The van der Waals surface area contributed by atoms with Gasteiger partial charge in [0.1, 0.15) is 11.3 Å². The van der Waals surface area contributed by atoms with Gasteiger partial charge in [-0.2, -0.15) is 5.10 Å². The van der Waals surface area contributed by atoms with E-state index in [1.54, 1.807) is 21.5 Å². The fourth-order valence-corrected chi connectivity index (χ4v) is 4.36. The summed E-state index contributed by atoms with van der Waals surface area (Å²) in [5.74, 6) is -0.398. The molecule has 0 saturated heterocycles. The van der Waals surface area contributed by atoms with Crippen LogP contribution >= 0.6 is 0 Å². The first-order chi connectivity index (χ1) is 16.5. The Morgan fingerprint density at radius 1 is 1.06 bits per heavy atom. The number of pyridine rings is 1. The number of nitrogens with zero attached hydrogens (tertiary/aromatic N) is 5. The van der Waals surface area contributed by atoms with Gasteiger partial charge in [-0.05, 0) is 29.7 Å². The van der Waals surface area contributed by atoms with Crippen LogP contribution in [0.3, 0.4) is 0 Å². The third kappa shape index (κ3) is 4.72. The molecule has 0 aliphatic carbocycles. The summed E-state index contributed by atoms with van der Waals surface area (Å²) in [5.41, 5.74) is 5.41. The van der Waals surface area contributed by atoms with Gasteiger partial charge < -0.3 is 19.9 Å². The molecule has 1 aliphatic rings. The molecule has 4 heterocycles. The molecule has 2 unspecified atom stereocenters. The van der Waals surface area contributed by atoms with E-state index in [0.717, 1.165) is 30.6 Å². The van der Waals surface area contributed by atoms with Gasteiger partial charge in [-0.3, -0.25) is 14.4 Å². The van der Waals surface area contributed by atoms with Crippen molar-refractivity contribution < 1.29 is 15.0 Å². The minimum Gasteiger partial charge on any atom is -0.389 e. The first kappa shape index (κ1) is 22.3. The Morgan fingerprint density at radius 2 is 1.88 bits per heavy atom. The van der Waals surface area contributed by atoms with E-state index in [1.165, 1.54) is 11.1 Å². The minimum absolute atomic E-state index is 0.0563. The molecule has 0 radical (unpaired) electrons. The first-order valence-corrected chi connectivity index (χ1v) is 11.4. The number of aliphatic hydroxyl groups is 2. The zero-order chi connectivity index (χ0) is 23.7. The molecule has 2 atom stereocenters. The lowest BCUT2D eigenvalue weighted by atomic mass is 9.99. The smallest absolute Gasteiger partial charge is 0.271 e. The normalized spacial score (nSPS) is 15.7. The largest absolute Gasteiger partial charge is 0.389 e. The Balaban J connectivity index is 1.16. The Bertz CT molecular complexity index is 1310. The number of imidazole rings is 1. The predicted octanol–water partition coefficient (Wildman–Crippen LogP) is 1.24. The van der Waals surface area contributed by atoms with Gasteiger partial charge >= 0.3 is 0 Å². The summed E-state index contributed by atoms with van der Waals surface area (Å²) < 4.78 is 3.52. The third-order valence-electron chi connectivity index (χ3n) is 6.29. The maximum atomic E-state index is 12.6. The second-order valence-electron chi connectivity index (χ2n) is 8.81. The fourth-order valence-electron chi connectivity index (χ4n) is 4.36. The van der Waals surface area contributed by atoms with E-state index < -0.39 is 18.1 Å². The second-order valence-corrected chi connectivity index (χ2v) is 8.81. The lowest BCUT2D eigenvalue weighted by Gasteiger charge is -2.31. The second kappa shape index (κ2) is 9.38. The number of aliphatic hydroxyl groups excluding tert-OH is 2. The molecule has 34 heavy (non-hydrogen) atoms. The Hall–Kier alpha value is -3.53. The number of benzene rings is 1. The van der Waals surface area contributed by atoms with Crippen molar-refractivity contribution in [3.8, 4) is 11.1 Å². The van der Waals surface area contributed by atoms with Gasteiger partial charge in [-0.25, -0.2) is 4.98 Å². The Labute approximate surface area is 197 Å². The van der Waals surface area contributed by atoms with E-state index in [-0.39, 0.29) is 12.2 Å². The van der Waals surface area contributed by atoms with E-state index in [1.807, 2.05) is 43.7 Å². The van der Waals surface area contributed by atoms with Crippen LogP contribution in [0.4, 0.5) is 0 Å². The standard InChI is InChI=1S/C25H28N6O3/c1-29-12-20(10-27-29)19-6-7-24-28-21(15-31(24)14-19)25(34)26-11-22(32)23(33)16-30-9-8-17-4-2-3-5-18(17)13-30/h2-7,10,12,14-15,22-23,32-33H,8-9,11,13,16H2,1H3,(H,26,34). The van der Waals surface area contributed by atoms with E-state index in [9.17, 15) is 15.0 Å². The van der Waals surface area contributed by atoms with E-state index >= 15 is 0 Å². The topological polar surface area (TPSA) is 108 Å². The highest BCUT2D eigenvalue weighted by molar-refractivity contribution is 5.92. The molecule has 3 N–H and O–H groups in total. The minimum atomic E-state index is -1.07. The highest BCUT2D eigenvalue weighted by Gasteiger charge is 2.23. The summed E-state index contributed by atoms with van der Waals surface area (Å²) in [6.45, 7) is 1.86. The molecule has 4 aromatic rings. The molecule has 1 aromatic carbocycles. The van der Waals surface area contributed by atoms with Crippen LogP contribution in [-0.4, -0.2) is 72.0 Å².